The first-order valence-corrected chi connectivity index (χ1v) is 12.1. The van der Waals surface area contributed by atoms with Crippen molar-refractivity contribution in [3.8, 4) is 11.3 Å². The number of carbonyl (C=O) groups is 2. The molecule has 0 spiro atoms. The van der Waals surface area contributed by atoms with Crippen molar-refractivity contribution in [1.29, 1.82) is 0 Å². The minimum Gasteiger partial charge on any atom is -0.464 e. The number of esters is 1. The number of amides is 1. The Labute approximate surface area is 207 Å². The highest BCUT2D eigenvalue weighted by atomic mass is 16.5. The first-order valence-electron chi connectivity index (χ1n) is 12.1. The predicted octanol–water partition coefficient (Wildman–Crippen LogP) is 4.53. The van der Waals surface area contributed by atoms with Crippen molar-refractivity contribution in [1.82, 2.24) is 10.3 Å². The molecule has 35 heavy (non-hydrogen) atoms. The van der Waals surface area contributed by atoms with Gasteiger partial charge in [0.1, 0.15) is 0 Å². The van der Waals surface area contributed by atoms with Crippen molar-refractivity contribution < 1.29 is 19.4 Å². The van der Waals surface area contributed by atoms with Crippen LogP contribution in [0.15, 0.2) is 78.9 Å². The highest BCUT2D eigenvalue weighted by molar-refractivity contribution is 5.85. The zero-order valence-corrected chi connectivity index (χ0v) is 20.6. The number of carbonyl (C=O) groups excluding carboxylic acids is 2. The van der Waals surface area contributed by atoms with E-state index >= 15 is 0 Å². The summed E-state index contributed by atoms with van der Waals surface area (Å²) in [4.78, 5) is 30.7. The van der Waals surface area contributed by atoms with Gasteiger partial charge in [0.25, 0.3) is 0 Å². The second kappa shape index (κ2) is 12.8. The zero-order valence-electron chi connectivity index (χ0n) is 20.6. The van der Waals surface area contributed by atoms with Crippen LogP contribution in [0.5, 0.6) is 0 Å². The minimum atomic E-state index is -1.48. The number of nitrogens with one attached hydrogen (secondary N) is 1. The summed E-state index contributed by atoms with van der Waals surface area (Å²) < 4.78 is 5.03. The molecule has 0 aliphatic rings. The lowest BCUT2D eigenvalue weighted by Crippen LogP contribution is -2.50. The van der Waals surface area contributed by atoms with E-state index in [-0.39, 0.29) is 18.4 Å². The van der Waals surface area contributed by atoms with Crippen molar-refractivity contribution in [2.24, 2.45) is 5.92 Å². The van der Waals surface area contributed by atoms with E-state index < -0.39 is 24.0 Å². The molecule has 0 aliphatic heterocycles. The molecular formula is C29H34N2O4. The van der Waals surface area contributed by atoms with Gasteiger partial charge in [0.2, 0.25) is 5.91 Å². The normalized spacial score (nSPS) is 13.6. The molecule has 2 aromatic carbocycles. The minimum absolute atomic E-state index is 0.147. The second-order valence-electron chi connectivity index (χ2n) is 9.00. The van der Waals surface area contributed by atoms with E-state index in [0.29, 0.717) is 18.5 Å². The van der Waals surface area contributed by atoms with Crippen LogP contribution in [-0.4, -0.2) is 40.7 Å². The molecule has 2 N–H and O–H groups in total. The van der Waals surface area contributed by atoms with Crippen molar-refractivity contribution in [3.63, 3.8) is 0 Å². The van der Waals surface area contributed by atoms with Crippen LogP contribution in [0.1, 0.15) is 44.4 Å². The van der Waals surface area contributed by atoms with Gasteiger partial charge in [-0.05, 0) is 43.4 Å². The number of benzene rings is 2. The smallest absolute Gasteiger partial charge is 0.337 e. The van der Waals surface area contributed by atoms with Crippen LogP contribution in [0.25, 0.3) is 11.3 Å². The maximum Gasteiger partial charge on any atom is 0.337 e. The third kappa shape index (κ3) is 7.49. The highest BCUT2D eigenvalue weighted by Gasteiger charge is 2.32. The monoisotopic (exact) mass is 474 g/mol. The molecule has 184 valence electrons. The lowest BCUT2D eigenvalue weighted by atomic mass is 9.91. The molecule has 1 heterocycles. The lowest BCUT2D eigenvalue weighted by Gasteiger charge is -2.26. The van der Waals surface area contributed by atoms with E-state index in [2.05, 4.69) is 19.2 Å². The molecule has 0 radical (unpaired) electrons. The number of rotatable bonds is 11. The van der Waals surface area contributed by atoms with E-state index in [9.17, 15) is 14.7 Å². The molecule has 0 fully saturated rings. The third-order valence-electron chi connectivity index (χ3n) is 5.76. The Morgan fingerprint density at radius 3 is 2.23 bits per heavy atom. The van der Waals surface area contributed by atoms with Gasteiger partial charge in [0.05, 0.1) is 30.0 Å². The van der Waals surface area contributed by atoms with Crippen molar-refractivity contribution in [2.45, 2.75) is 51.7 Å². The summed E-state index contributed by atoms with van der Waals surface area (Å²) in [7, 11) is 0. The highest BCUT2D eigenvalue weighted by Crippen LogP contribution is 2.26. The first kappa shape index (κ1) is 26.1. The maximum absolute atomic E-state index is 13.6. The summed E-state index contributed by atoms with van der Waals surface area (Å²) in [5.41, 5.74) is 3.31. The van der Waals surface area contributed by atoms with Gasteiger partial charge in [-0.3, -0.25) is 9.78 Å². The quantitative estimate of drug-likeness (QED) is 0.399. The summed E-state index contributed by atoms with van der Waals surface area (Å²) in [6.45, 7) is 5.93. The fourth-order valence-corrected chi connectivity index (χ4v) is 4.03. The van der Waals surface area contributed by atoms with Crippen molar-refractivity contribution in [2.75, 3.05) is 6.61 Å². The van der Waals surface area contributed by atoms with Crippen LogP contribution >= 0.6 is 0 Å². The molecule has 1 amide bonds. The predicted molar refractivity (Wildman–Crippen MR) is 137 cm³/mol. The molecule has 1 aromatic heterocycles. The number of ether oxygens (including phenoxy) is 1. The maximum atomic E-state index is 13.6. The first-order chi connectivity index (χ1) is 16.9. The molecule has 0 bridgehead atoms. The van der Waals surface area contributed by atoms with E-state index in [4.69, 9.17) is 9.72 Å². The molecule has 0 aliphatic carbocycles. The molecule has 0 saturated carbocycles. The largest absolute Gasteiger partial charge is 0.464 e. The molecule has 3 aromatic rings. The number of nitrogens with zero attached hydrogens (tertiary/aromatic N) is 1. The third-order valence-corrected chi connectivity index (χ3v) is 5.76. The molecule has 6 heteroatoms. The summed E-state index contributed by atoms with van der Waals surface area (Å²) in [6, 6.07) is 24.1. The van der Waals surface area contributed by atoms with E-state index in [1.807, 2.05) is 78.9 Å². The van der Waals surface area contributed by atoms with Gasteiger partial charge in [-0.1, -0.05) is 80.6 Å². The number of aliphatic hydroxyl groups is 1. The fourth-order valence-electron chi connectivity index (χ4n) is 4.03. The zero-order chi connectivity index (χ0) is 25.2. The number of hydrogen-bond donors (Lipinski definition) is 2. The second-order valence-corrected chi connectivity index (χ2v) is 9.00. The summed E-state index contributed by atoms with van der Waals surface area (Å²) in [5.74, 6) is -1.33. The van der Waals surface area contributed by atoms with Gasteiger partial charge in [-0.25, -0.2) is 4.79 Å². The molecule has 6 nitrogen and oxygen atoms in total. The van der Waals surface area contributed by atoms with Gasteiger partial charge in [-0.15, -0.1) is 0 Å². The standard InChI is InChI=1S/C29H34N2O4/c1-4-35-29(34)27(32)26(19-21-12-7-5-8-13-21)31-28(33)23(18-20(2)3)25-17-11-16-24(30-25)22-14-9-6-10-15-22/h5-17,20,23,26-27,32H,4,18-19H2,1-3H3,(H,31,33)/t23?,26-,27-/m0/s1. The van der Waals surface area contributed by atoms with Gasteiger partial charge in [-0.2, -0.15) is 0 Å². The van der Waals surface area contributed by atoms with Crippen LogP contribution < -0.4 is 5.32 Å². The van der Waals surface area contributed by atoms with Crippen LogP contribution in [0.2, 0.25) is 0 Å². The molecule has 3 rings (SSSR count). The Morgan fingerprint density at radius 2 is 1.60 bits per heavy atom. The van der Waals surface area contributed by atoms with Gasteiger partial charge >= 0.3 is 5.97 Å². The number of aromatic nitrogens is 1. The van der Waals surface area contributed by atoms with Crippen molar-refractivity contribution >= 4 is 11.9 Å². The molecule has 0 saturated heterocycles. The van der Waals surface area contributed by atoms with Crippen molar-refractivity contribution in [3.05, 3.63) is 90.1 Å². The molecule has 3 atom stereocenters. The fraction of sp³-hybridized carbons (Fsp3) is 0.345. The molecular weight excluding hydrogens is 440 g/mol. The Hall–Kier alpha value is -3.51. The van der Waals surface area contributed by atoms with E-state index in [1.54, 1.807) is 6.92 Å². The lowest BCUT2D eigenvalue weighted by molar-refractivity contribution is -0.155. The SMILES string of the molecule is CCOC(=O)[C@@H](O)[C@H](Cc1ccccc1)NC(=O)C(CC(C)C)c1cccc(-c2ccccc2)n1. The van der Waals surface area contributed by atoms with Gasteiger partial charge in [0.15, 0.2) is 6.10 Å². The van der Waals surface area contributed by atoms with Gasteiger partial charge < -0.3 is 15.2 Å². The van der Waals surface area contributed by atoms with Crippen LogP contribution in [0.4, 0.5) is 0 Å². The molecule has 1 unspecified atom stereocenters. The summed E-state index contributed by atoms with van der Waals surface area (Å²) in [6.07, 6.45) is -0.620. The summed E-state index contributed by atoms with van der Waals surface area (Å²) in [5, 5.41) is 13.7. The average molecular weight is 475 g/mol. The number of aliphatic hydroxyl groups excluding tert-OH is 1. The number of hydrogen-bond acceptors (Lipinski definition) is 5. The Kier molecular flexibility index (Phi) is 9.56. The van der Waals surface area contributed by atoms with E-state index in [1.165, 1.54) is 0 Å². The Balaban J connectivity index is 1.88. The summed E-state index contributed by atoms with van der Waals surface area (Å²) >= 11 is 0. The Bertz CT molecular complexity index is 1090. The average Bonchev–Trinajstić information content (AvgIpc) is 2.87. The van der Waals surface area contributed by atoms with Gasteiger partial charge in [0, 0.05) is 5.56 Å². The van der Waals surface area contributed by atoms with E-state index in [0.717, 1.165) is 16.8 Å². The topological polar surface area (TPSA) is 88.5 Å². The number of pyridine rings is 1. The van der Waals surface area contributed by atoms with Crippen LogP contribution in [-0.2, 0) is 20.7 Å². The van der Waals surface area contributed by atoms with Crippen LogP contribution in [0.3, 0.4) is 0 Å². The van der Waals surface area contributed by atoms with Crippen LogP contribution in [0, 0.1) is 5.92 Å². The Morgan fingerprint density at radius 1 is 0.943 bits per heavy atom.